The standard InChI is InChI=1S/C14H13FN2O2/c1-3-19-14(18)13-16-9(2)7-12(17-13)10-5-4-6-11(15)8-10/h4-8H,3H2,1-2H3. The molecule has 0 N–H and O–H groups in total. The Balaban J connectivity index is 2.44. The molecule has 4 nitrogen and oxygen atoms in total. The minimum Gasteiger partial charge on any atom is -0.460 e. The number of ether oxygens (including phenoxy) is 1. The molecular weight excluding hydrogens is 247 g/mol. The van der Waals surface area contributed by atoms with Gasteiger partial charge >= 0.3 is 5.97 Å². The summed E-state index contributed by atoms with van der Waals surface area (Å²) < 4.78 is 18.1. The van der Waals surface area contributed by atoms with Gasteiger partial charge in [-0.05, 0) is 32.0 Å². The zero-order valence-electron chi connectivity index (χ0n) is 10.7. The molecule has 0 amide bonds. The summed E-state index contributed by atoms with van der Waals surface area (Å²) in [6.07, 6.45) is 0. The van der Waals surface area contributed by atoms with Gasteiger partial charge in [0.1, 0.15) is 5.82 Å². The van der Waals surface area contributed by atoms with E-state index in [0.717, 1.165) is 0 Å². The molecule has 1 heterocycles. The smallest absolute Gasteiger partial charge is 0.376 e. The van der Waals surface area contributed by atoms with E-state index in [2.05, 4.69) is 9.97 Å². The molecule has 0 fully saturated rings. The lowest BCUT2D eigenvalue weighted by molar-refractivity contribution is 0.0512. The van der Waals surface area contributed by atoms with Gasteiger partial charge in [0.25, 0.3) is 0 Å². The van der Waals surface area contributed by atoms with E-state index in [1.54, 1.807) is 32.0 Å². The molecule has 0 aliphatic rings. The van der Waals surface area contributed by atoms with Crippen LogP contribution in [-0.2, 0) is 4.74 Å². The number of aromatic nitrogens is 2. The lowest BCUT2D eigenvalue weighted by Gasteiger charge is -2.05. The highest BCUT2D eigenvalue weighted by molar-refractivity contribution is 5.85. The van der Waals surface area contributed by atoms with Crippen molar-refractivity contribution in [2.75, 3.05) is 6.61 Å². The van der Waals surface area contributed by atoms with Gasteiger partial charge < -0.3 is 4.74 Å². The first kappa shape index (κ1) is 13.1. The molecule has 0 aliphatic heterocycles. The first-order valence-electron chi connectivity index (χ1n) is 5.89. The Hall–Kier alpha value is -2.30. The van der Waals surface area contributed by atoms with Crippen molar-refractivity contribution in [1.82, 2.24) is 9.97 Å². The highest BCUT2D eigenvalue weighted by Gasteiger charge is 2.13. The lowest BCUT2D eigenvalue weighted by Crippen LogP contribution is -2.11. The van der Waals surface area contributed by atoms with E-state index >= 15 is 0 Å². The van der Waals surface area contributed by atoms with Gasteiger partial charge in [0.15, 0.2) is 0 Å². The molecule has 5 heteroatoms. The Labute approximate surface area is 110 Å². The molecule has 0 bridgehead atoms. The first-order chi connectivity index (χ1) is 9.10. The lowest BCUT2D eigenvalue weighted by atomic mass is 10.1. The van der Waals surface area contributed by atoms with Gasteiger partial charge in [-0.25, -0.2) is 19.2 Å². The minimum absolute atomic E-state index is 0.0129. The maximum Gasteiger partial charge on any atom is 0.376 e. The average Bonchev–Trinajstić information content (AvgIpc) is 2.38. The van der Waals surface area contributed by atoms with E-state index in [1.165, 1.54) is 12.1 Å². The zero-order valence-corrected chi connectivity index (χ0v) is 10.7. The van der Waals surface area contributed by atoms with Gasteiger partial charge in [-0.15, -0.1) is 0 Å². The van der Waals surface area contributed by atoms with Crippen LogP contribution in [0.15, 0.2) is 30.3 Å². The Kier molecular flexibility index (Phi) is 3.85. The summed E-state index contributed by atoms with van der Waals surface area (Å²) in [5, 5.41) is 0. The van der Waals surface area contributed by atoms with Crippen molar-refractivity contribution in [3.8, 4) is 11.3 Å². The quantitative estimate of drug-likeness (QED) is 0.796. The number of halogens is 1. The Morgan fingerprint density at radius 1 is 1.32 bits per heavy atom. The molecule has 0 saturated heterocycles. The number of rotatable bonds is 3. The summed E-state index contributed by atoms with van der Waals surface area (Å²) in [5.41, 5.74) is 1.71. The average molecular weight is 260 g/mol. The number of esters is 1. The van der Waals surface area contributed by atoms with Gasteiger partial charge in [-0.2, -0.15) is 0 Å². The number of carbonyl (C=O) groups excluding carboxylic acids is 1. The van der Waals surface area contributed by atoms with Crippen molar-refractivity contribution in [3.05, 3.63) is 47.7 Å². The minimum atomic E-state index is -0.580. The molecule has 0 saturated carbocycles. The third-order valence-corrected chi connectivity index (χ3v) is 2.43. The number of carbonyl (C=O) groups is 1. The van der Waals surface area contributed by atoms with E-state index < -0.39 is 5.97 Å². The Bertz CT molecular complexity index is 614. The van der Waals surface area contributed by atoms with E-state index in [-0.39, 0.29) is 18.2 Å². The van der Waals surface area contributed by atoms with Crippen molar-refractivity contribution < 1.29 is 13.9 Å². The van der Waals surface area contributed by atoms with Crippen LogP contribution in [0.2, 0.25) is 0 Å². The van der Waals surface area contributed by atoms with Crippen molar-refractivity contribution in [2.45, 2.75) is 13.8 Å². The maximum atomic E-state index is 13.2. The number of benzene rings is 1. The van der Waals surface area contributed by atoms with Crippen LogP contribution in [0.3, 0.4) is 0 Å². The second-order valence-corrected chi connectivity index (χ2v) is 3.95. The number of hydrogen-bond acceptors (Lipinski definition) is 4. The third kappa shape index (κ3) is 3.13. The van der Waals surface area contributed by atoms with Crippen LogP contribution in [0.1, 0.15) is 23.2 Å². The van der Waals surface area contributed by atoms with Crippen molar-refractivity contribution in [3.63, 3.8) is 0 Å². The first-order valence-corrected chi connectivity index (χ1v) is 5.89. The molecule has 2 rings (SSSR count). The second kappa shape index (κ2) is 5.56. The highest BCUT2D eigenvalue weighted by atomic mass is 19.1. The normalized spacial score (nSPS) is 10.3. The fourth-order valence-electron chi connectivity index (χ4n) is 1.65. The summed E-state index contributed by atoms with van der Waals surface area (Å²) >= 11 is 0. The second-order valence-electron chi connectivity index (χ2n) is 3.95. The van der Waals surface area contributed by atoms with Crippen molar-refractivity contribution >= 4 is 5.97 Å². The predicted octanol–water partition coefficient (Wildman–Crippen LogP) is 2.77. The fourth-order valence-corrected chi connectivity index (χ4v) is 1.65. The Morgan fingerprint density at radius 3 is 2.79 bits per heavy atom. The number of hydrogen-bond donors (Lipinski definition) is 0. The molecular formula is C14H13FN2O2. The topological polar surface area (TPSA) is 52.1 Å². The van der Waals surface area contributed by atoms with Crippen molar-refractivity contribution in [1.29, 1.82) is 0 Å². The van der Waals surface area contributed by atoms with Gasteiger partial charge in [-0.1, -0.05) is 12.1 Å². The molecule has 1 aromatic carbocycles. The van der Waals surface area contributed by atoms with Crippen LogP contribution in [0.25, 0.3) is 11.3 Å². The summed E-state index contributed by atoms with van der Waals surface area (Å²) in [6, 6.07) is 7.71. The fraction of sp³-hybridized carbons (Fsp3) is 0.214. The van der Waals surface area contributed by atoms with Crippen LogP contribution in [0, 0.1) is 12.7 Å². The summed E-state index contributed by atoms with van der Waals surface area (Å²) in [4.78, 5) is 19.8. The van der Waals surface area contributed by atoms with E-state index in [9.17, 15) is 9.18 Å². The SMILES string of the molecule is CCOC(=O)c1nc(C)cc(-c2cccc(F)c2)n1. The van der Waals surface area contributed by atoms with Crippen LogP contribution >= 0.6 is 0 Å². The van der Waals surface area contributed by atoms with Gasteiger partial charge in [-0.3, -0.25) is 0 Å². The largest absolute Gasteiger partial charge is 0.460 e. The van der Waals surface area contributed by atoms with Crippen LogP contribution in [0.4, 0.5) is 4.39 Å². The van der Waals surface area contributed by atoms with Crippen LogP contribution in [0.5, 0.6) is 0 Å². The van der Waals surface area contributed by atoms with Gasteiger partial charge in [0.2, 0.25) is 5.82 Å². The number of aryl methyl sites for hydroxylation is 1. The zero-order chi connectivity index (χ0) is 13.8. The molecule has 1 aromatic heterocycles. The number of nitrogens with zero attached hydrogens (tertiary/aromatic N) is 2. The summed E-state index contributed by atoms with van der Waals surface area (Å²) in [7, 11) is 0. The van der Waals surface area contributed by atoms with Gasteiger partial charge in [0.05, 0.1) is 12.3 Å². The highest BCUT2D eigenvalue weighted by Crippen LogP contribution is 2.19. The molecule has 0 atom stereocenters. The Morgan fingerprint density at radius 2 is 2.11 bits per heavy atom. The maximum absolute atomic E-state index is 13.2. The van der Waals surface area contributed by atoms with Gasteiger partial charge in [0, 0.05) is 11.3 Å². The molecule has 0 spiro atoms. The van der Waals surface area contributed by atoms with Crippen LogP contribution in [-0.4, -0.2) is 22.5 Å². The van der Waals surface area contributed by atoms with E-state index in [1.807, 2.05) is 0 Å². The molecule has 98 valence electrons. The third-order valence-electron chi connectivity index (χ3n) is 2.43. The molecule has 0 unspecified atom stereocenters. The molecule has 0 aliphatic carbocycles. The van der Waals surface area contributed by atoms with E-state index in [4.69, 9.17) is 4.74 Å². The molecule has 19 heavy (non-hydrogen) atoms. The molecule has 2 aromatic rings. The summed E-state index contributed by atoms with van der Waals surface area (Å²) in [6.45, 7) is 3.71. The van der Waals surface area contributed by atoms with Crippen LogP contribution < -0.4 is 0 Å². The monoisotopic (exact) mass is 260 g/mol. The van der Waals surface area contributed by atoms with E-state index in [0.29, 0.717) is 17.0 Å². The predicted molar refractivity (Wildman–Crippen MR) is 68.1 cm³/mol. The summed E-state index contributed by atoms with van der Waals surface area (Å²) in [5.74, 6) is -0.948. The molecule has 0 radical (unpaired) electrons. The van der Waals surface area contributed by atoms with Crippen molar-refractivity contribution in [2.24, 2.45) is 0 Å².